The molecule has 0 aliphatic carbocycles. The average molecular weight is 407 g/mol. The third-order valence-corrected chi connectivity index (χ3v) is 6.56. The first-order valence-electron chi connectivity index (χ1n) is 8.66. The number of nitrogens with zero attached hydrogens (tertiary/aromatic N) is 1. The van der Waals surface area contributed by atoms with Crippen LogP contribution in [0.5, 0.6) is 5.75 Å². The van der Waals surface area contributed by atoms with E-state index in [9.17, 15) is 13.2 Å². The molecule has 0 saturated carbocycles. The molecule has 142 valence electrons. The first-order chi connectivity index (χ1) is 12.8. The first-order valence-corrected chi connectivity index (χ1v) is 10.5. The van der Waals surface area contributed by atoms with Crippen LogP contribution in [0.25, 0.3) is 11.1 Å². The summed E-state index contributed by atoms with van der Waals surface area (Å²) in [5.41, 5.74) is 1.71. The van der Waals surface area contributed by atoms with Gasteiger partial charge in [-0.25, -0.2) is 5.14 Å². The van der Waals surface area contributed by atoms with Gasteiger partial charge in [0.1, 0.15) is 11.4 Å². The molecule has 0 unspecified atom stereocenters. The Kier molecular flexibility index (Phi) is 4.50. The van der Waals surface area contributed by atoms with Gasteiger partial charge in [-0.1, -0.05) is 29.8 Å². The van der Waals surface area contributed by atoms with Crippen molar-refractivity contribution in [3.63, 3.8) is 0 Å². The highest BCUT2D eigenvalue weighted by molar-refractivity contribution is 7.86. The predicted molar refractivity (Wildman–Crippen MR) is 103 cm³/mol. The zero-order valence-electron chi connectivity index (χ0n) is 14.5. The van der Waals surface area contributed by atoms with E-state index in [-0.39, 0.29) is 25.3 Å². The van der Waals surface area contributed by atoms with Gasteiger partial charge in [-0.3, -0.25) is 4.79 Å². The average Bonchev–Trinajstić information content (AvgIpc) is 2.61. The van der Waals surface area contributed by atoms with Gasteiger partial charge in [0.15, 0.2) is 5.78 Å². The van der Waals surface area contributed by atoms with Crippen molar-refractivity contribution in [2.24, 2.45) is 5.14 Å². The summed E-state index contributed by atoms with van der Waals surface area (Å²) in [7, 11) is -3.71. The van der Waals surface area contributed by atoms with E-state index in [4.69, 9.17) is 21.5 Å². The lowest BCUT2D eigenvalue weighted by Gasteiger charge is -2.43. The second-order valence-corrected chi connectivity index (χ2v) is 9.03. The molecule has 0 amide bonds. The Labute approximate surface area is 163 Å². The zero-order valence-corrected chi connectivity index (χ0v) is 16.1. The molecule has 1 fully saturated rings. The van der Waals surface area contributed by atoms with Gasteiger partial charge in [-0.05, 0) is 35.4 Å². The largest absolute Gasteiger partial charge is 0.486 e. The third kappa shape index (κ3) is 3.60. The molecule has 2 aliphatic heterocycles. The normalized spacial score (nSPS) is 19.6. The number of nitrogens with two attached hydrogens (primary N) is 1. The second-order valence-electron chi connectivity index (χ2n) is 7.05. The number of benzene rings is 2. The fourth-order valence-electron chi connectivity index (χ4n) is 3.77. The monoisotopic (exact) mass is 406 g/mol. The number of halogens is 1. The maximum absolute atomic E-state index is 12.8. The van der Waals surface area contributed by atoms with E-state index in [1.807, 2.05) is 30.3 Å². The van der Waals surface area contributed by atoms with Crippen LogP contribution in [0.15, 0.2) is 42.5 Å². The molecule has 8 heteroatoms. The molecule has 2 N–H and O–H groups in total. The number of fused-ring (bicyclic) bond motifs is 1. The van der Waals surface area contributed by atoms with Crippen molar-refractivity contribution in [3.8, 4) is 16.9 Å². The number of Topliss-reactive ketones (excluding diaryl/α,β-unsaturated/α-hetero) is 1. The Hall–Kier alpha value is -1.93. The van der Waals surface area contributed by atoms with E-state index in [1.165, 1.54) is 4.31 Å². The van der Waals surface area contributed by atoms with Crippen LogP contribution in [0.3, 0.4) is 0 Å². The lowest BCUT2D eigenvalue weighted by molar-refractivity contribution is 0.00594. The molecule has 0 bridgehead atoms. The number of carbonyl (C=O) groups excluding carboxylic acids is 1. The van der Waals surface area contributed by atoms with Crippen molar-refractivity contribution in [2.45, 2.75) is 24.9 Å². The van der Waals surface area contributed by atoms with Gasteiger partial charge in [0.25, 0.3) is 10.2 Å². The van der Waals surface area contributed by atoms with Gasteiger partial charge in [-0.15, -0.1) is 0 Å². The van der Waals surface area contributed by atoms with E-state index in [0.717, 1.165) is 11.1 Å². The lowest BCUT2D eigenvalue weighted by atomic mass is 9.82. The van der Waals surface area contributed by atoms with Crippen LogP contribution >= 0.6 is 11.6 Å². The summed E-state index contributed by atoms with van der Waals surface area (Å²) < 4.78 is 30.4. The van der Waals surface area contributed by atoms with Gasteiger partial charge in [-0.2, -0.15) is 12.7 Å². The van der Waals surface area contributed by atoms with Crippen LogP contribution in [-0.4, -0.2) is 37.2 Å². The number of piperidine rings is 1. The Morgan fingerprint density at radius 2 is 1.78 bits per heavy atom. The van der Waals surface area contributed by atoms with Crippen LogP contribution in [0.4, 0.5) is 0 Å². The Morgan fingerprint density at radius 1 is 1.07 bits per heavy atom. The number of carbonyl (C=O) groups is 1. The van der Waals surface area contributed by atoms with Crippen molar-refractivity contribution in [1.29, 1.82) is 0 Å². The minimum atomic E-state index is -3.71. The molecule has 4 rings (SSSR count). The summed E-state index contributed by atoms with van der Waals surface area (Å²) in [4.78, 5) is 12.8. The minimum absolute atomic E-state index is 0.00387. The van der Waals surface area contributed by atoms with Crippen molar-refractivity contribution in [3.05, 3.63) is 53.1 Å². The molecule has 0 radical (unpaired) electrons. The second kappa shape index (κ2) is 6.60. The number of hydrogen-bond acceptors (Lipinski definition) is 4. The van der Waals surface area contributed by atoms with Gasteiger partial charge < -0.3 is 4.74 Å². The van der Waals surface area contributed by atoms with E-state index >= 15 is 0 Å². The fraction of sp³-hybridized carbons (Fsp3) is 0.316. The van der Waals surface area contributed by atoms with Crippen molar-refractivity contribution >= 4 is 27.6 Å². The molecular weight excluding hydrogens is 388 g/mol. The summed E-state index contributed by atoms with van der Waals surface area (Å²) in [6, 6.07) is 13.0. The van der Waals surface area contributed by atoms with Gasteiger partial charge in [0.2, 0.25) is 0 Å². The highest BCUT2D eigenvalue weighted by Crippen LogP contribution is 2.41. The number of ether oxygens (including phenoxy) is 1. The van der Waals surface area contributed by atoms with E-state index in [0.29, 0.717) is 29.2 Å². The van der Waals surface area contributed by atoms with E-state index in [1.54, 1.807) is 12.1 Å². The molecule has 27 heavy (non-hydrogen) atoms. The van der Waals surface area contributed by atoms with Crippen LogP contribution in [0, 0.1) is 0 Å². The Balaban J connectivity index is 1.60. The predicted octanol–water partition coefficient (Wildman–Crippen LogP) is 3.01. The third-order valence-electron chi connectivity index (χ3n) is 5.24. The molecule has 2 aromatic rings. The van der Waals surface area contributed by atoms with Crippen LogP contribution in [0.2, 0.25) is 5.02 Å². The summed E-state index contributed by atoms with van der Waals surface area (Å²) >= 11 is 6.06. The van der Waals surface area contributed by atoms with Crippen LogP contribution < -0.4 is 9.88 Å². The van der Waals surface area contributed by atoms with Crippen LogP contribution in [-0.2, 0) is 10.2 Å². The van der Waals surface area contributed by atoms with Crippen LogP contribution in [0.1, 0.15) is 29.6 Å². The minimum Gasteiger partial charge on any atom is -0.486 e. The number of ketones is 1. The first kappa shape index (κ1) is 18.4. The molecule has 0 aromatic heterocycles. The molecule has 2 heterocycles. The molecule has 2 aromatic carbocycles. The topological polar surface area (TPSA) is 89.7 Å². The standard InChI is InChI=1S/C19H19ClN2O4S/c20-15-3-1-2-13(10-15)14-4-5-18-16(11-14)17(23)12-19(26-18)6-8-22(9-7-19)27(21,24)25/h1-5,10-11H,6-9,12H2,(H2,21,24,25). The summed E-state index contributed by atoms with van der Waals surface area (Å²) in [5, 5.41) is 5.83. The van der Waals surface area contributed by atoms with E-state index < -0.39 is 15.8 Å². The van der Waals surface area contributed by atoms with Gasteiger partial charge in [0.05, 0.1) is 12.0 Å². The fourth-order valence-corrected chi connectivity index (χ4v) is 4.65. The number of hydrogen-bond donors (Lipinski definition) is 1. The van der Waals surface area contributed by atoms with Gasteiger partial charge >= 0.3 is 0 Å². The molecule has 1 saturated heterocycles. The SMILES string of the molecule is NS(=O)(=O)N1CCC2(CC1)CC(=O)c1cc(-c3cccc(Cl)c3)ccc1O2. The Bertz CT molecular complexity index is 1010. The molecule has 1 spiro atoms. The van der Waals surface area contributed by atoms with E-state index in [2.05, 4.69) is 0 Å². The summed E-state index contributed by atoms with van der Waals surface area (Å²) in [6.07, 6.45) is 1.10. The molecule has 6 nitrogen and oxygen atoms in total. The van der Waals surface area contributed by atoms with Crippen molar-refractivity contribution in [1.82, 2.24) is 4.31 Å². The van der Waals surface area contributed by atoms with Crippen molar-refractivity contribution in [2.75, 3.05) is 13.1 Å². The summed E-state index contributed by atoms with van der Waals surface area (Å²) in [5.74, 6) is 0.547. The number of rotatable bonds is 2. The molecule has 2 aliphatic rings. The lowest BCUT2D eigenvalue weighted by Crippen LogP contribution is -2.53. The Morgan fingerprint density at radius 3 is 2.44 bits per heavy atom. The highest BCUT2D eigenvalue weighted by atomic mass is 35.5. The zero-order chi connectivity index (χ0) is 19.2. The smallest absolute Gasteiger partial charge is 0.276 e. The molecular formula is C19H19ClN2O4S. The quantitative estimate of drug-likeness (QED) is 0.830. The maximum atomic E-state index is 12.8. The van der Waals surface area contributed by atoms with Crippen molar-refractivity contribution < 1.29 is 17.9 Å². The highest BCUT2D eigenvalue weighted by Gasteiger charge is 2.44. The maximum Gasteiger partial charge on any atom is 0.276 e. The summed E-state index contributed by atoms with van der Waals surface area (Å²) in [6.45, 7) is 0.504. The van der Waals surface area contributed by atoms with Gasteiger partial charge in [0, 0.05) is 31.0 Å². The molecule has 0 atom stereocenters.